The molecule has 0 radical (unpaired) electrons. The molecule has 2 saturated heterocycles. The summed E-state index contributed by atoms with van der Waals surface area (Å²) in [5.74, 6) is 0.594. The molecule has 2 aromatic rings. The third-order valence-corrected chi connectivity index (χ3v) is 8.20. The summed E-state index contributed by atoms with van der Waals surface area (Å²) >= 11 is 0. The van der Waals surface area contributed by atoms with Gasteiger partial charge in [-0.25, -0.2) is 0 Å². The molecule has 0 aromatic heterocycles. The maximum absolute atomic E-state index is 12.3. The summed E-state index contributed by atoms with van der Waals surface area (Å²) in [4.78, 5) is 28.6. The van der Waals surface area contributed by atoms with Gasteiger partial charge in [0, 0.05) is 38.6 Å². The van der Waals surface area contributed by atoms with Crippen LogP contribution in [0.5, 0.6) is 5.75 Å². The Hall–Kier alpha value is -2.74. The molecule has 190 valence electrons. The number of hydrogen-bond donors (Lipinski definition) is 1. The minimum absolute atomic E-state index is 0.165. The molecule has 1 aliphatic carbocycles. The van der Waals surface area contributed by atoms with E-state index in [1.807, 2.05) is 6.07 Å². The van der Waals surface area contributed by atoms with Crippen LogP contribution in [0.15, 0.2) is 48.5 Å². The van der Waals surface area contributed by atoms with Crippen molar-refractivity contribution in [1.82, 2.24) is 15.1 Å². The molecule has 6 rings (SSSR count). The summed E-state index contributed by atoms with van der Waals surface area (Å²) < 4.78 is 12.7. The van der Waals surface area contributed by atoms with Gasteiger partial charge >= 0.3 is 0 Å². The number of imide groups is 1. The first-order valence-electron chi connectivity index (χ1n) is 13.4. The zero-order valence-corrected chi connectivity index (χ0v) is 20.7. The predicted octanol–water partition coefficient (Wildman–Crippen LogP) is 3.40. The van der Waals surface area contributed by atoms with Gasteiger partial charge in [0.2, 0.25) is 11.8 Å². The fourth-order valence-corrected chi connectivity index (χ4v) is 6.16. The van der Waals surface area contributed by atoms with Crippen molar-refractivity contribution >= 4 is 11.8 Å². The first-order valence-corrected chi connectivity index (χ1v) is 13.4. The Labute approximate surface area is 212 Å². The quantitative estimate of drug-likeness (QED) is 0.602. The minimum Gasteiger partial charge on any atom is -0.489 e. The SMILES string of the molecule is O=C1CCC(N2Cc3ccc(OC4CCCCC4N4CC(OCc5ccccc5)C4)cc3C2)C(=O)N1. The van der Waals surface area contributed by atoms with Crippen LogP contribution < -0.4 is 10.1 Å². The summed E-state index contributed by atoms with van der Waals surface area (Å²) in [5, 5.41) is 2.49. The first kappa shape index (κ1) is 23.6. The fraction of sp³-hybridized carbons (Fsp3) is 0.517. The average molecular weight is 490 g/mol. The lowest BCUT2D eigenvalue weighted by atomic mass is 9.89. The maximum atomic E-state index is 12.3. The van der Waals surface area contributed by atoms with Crippen LogP contribution in [0, 0.1) is 0 Å². The zero-order valence-electron chi connectivity index (χ0n) is 20.7. The average Bonchev–Trinajstić information content (AvgIpc) is 3.28. The molecule has 3 atom stereocenters. The van der Waals surface area contributed by atoms with Crippen molar-refractivity contribution in [1.29, 1.82) is 0 Å². The number of fused-ring (bicyclic) bond motifs is 1. The lowest BCUT2D eigenvalue weighted by Gasteiger charge is -2.48. The number of hydrogen-bond acceptors (Lipinski definition) is 6. The molecule has 3 heterocycles. The van der Waals surface area contributed by atoms with Crippen molar-refractivity contribution < 1.29 is 19.1 Å². The van der Waals surface area contributed by atoms with E-state index in [1.54, 1.807) is 0 Å². The van der Waals surface area contributed by atoms with Gasteiger partial charge in [0.25, 0.3) is 0 Å². The number of rotatable bonds is 7. The summed E-state index contributed by atoms with van der Waals surface area (Å²) in [7, 11) is 0. The molecular formula is C29H35N3O4. The standard InChI is InChI=1S/C29H35N3O4/c33-28-13-12-26(29(34)30-28)31-15-21-10-11-23(14-22(21)16-31)36-27-9-5-4-8-25(27)32-17-24(18-32)35-19-20-6-2-1-3-7-20/h1-3,6-7,10-11,14,24-27H,4-5,8-9,12-13,15-19H2,(H,30,33,34). The highest BCUT2D eigenvalue weighted by atomic mass is 16.5. The minimum atomic E-state index is -0.231. The Kier molecular flexibility index (Phi) is 6.78. The number of amides is 2. The van der Waals surface area contributed by atoms with Crippen molar-refractivity contribution in [2.24, 2.45) is 0 Å². The molecule has 2 amide bonds. The van der Waals surface area contributed by atoms with E-state index >= 15 is 0 Å². The van der Waals surface area contributed by atoms with Crippen molar-refractivity contribution in [3.05, 3.63) is 65.2 Å². The highest BCUT2D eigenvalue weighted by Gasteiger charge is 2.39. The lowest BCUT2D eigenvalue weighted by molar-refractivity contribution is -0.137. The van der Waals surface area contributed by atoms with E-state index in [2.05, 4.69) is 57.6 Å². The molecule has 0 spiro atoms. The Morgan fingerprint density at radius 2 is 1.69 bits per heavy atom. The molecule has 3 aliphatic heterocycles. The molecule has 7 nitrogen and oxygen atoms in total. The van der Waals surface area contributed by atoms with Gasteiger partial charge in [0.05, 0.1) is 18.8 Å². The van der Waals surface area contributed by atoms with E-state index in [9.17, 15) is 9.59 Å². The van der Waals surface area contributed by atoms with Crippen molar-refractivity contribution in [2.75, 3.05) is 13.1 Å². The number of ether oxygens (including phenoxy) is 2. The summed E-state index contributed by atoms with van der Waals surface area (Å²) in [6.07, 6.45) is 6.21. The van der Waals surface area contributed by atoms with Crippen LogP contribution in [-0.2, 0) is 34.0 Å². The highest BCUT2D eigenvalue weighted by Crippen LogP contribution is 2.34. The van der Waals surface area contributed by atoms with Crippen LogP contribution in [0.4, 0.5) is 0 Å². The van der Waals surface area contributed by atoms with E-state index in [-0.39, 0.29) is 24.0 Å². The van der Waals surface area contributed by atoms with Gasteiger partial charge in [-0.1, -0.05) is 42.8 Å². The van der Waals surface area contributed by atoms with Gasteiger partial charge in [0.1, 0.15) is 11.9 Å². The van der Waals surface area contributed by atoms with E-state index in [0.29, 0.717) is 31.6 Å². The van der Waals surface area contributed by atoms with Gasteiger partial charge < -0.3 is 9.47 Å². The van der Waals surface area contributed by atoms with Crippen LogP contribution in [0.3, 0.4) is 0 Å². The first-order chi connectivity index (χ1) is 17.6. The molecule has 3 fully saturated rings. The normalized spacial score (nSPS) is 27.4. The monoisotopic (exact) mass is 489 g/mol. The van der Waals surface area contributed by atoms with Crippen LogP contribution in [0.25, 0.3) is 0 Å². The van der Waals surface area contributed by atoms with Crippen LogP contribution in [0.2, 0.25) is 0 Å². The molecule has 36 heavy (non-hydrogen) atoms. The van der Waals surface area contributed by atoms with Gasteiger partial charge in [-0.15, -0.1) is 0 Å². The second-order valence-electron chi connectivity index (χ2n) is 10.7. The molecule has 2 aromatic carbocycles. The van der Waals surface area contributed by atoms with E-state index < -0.39 is 0 Å². The number of carbonyl (C=O) groups is 2. The lowest BCUT2D eigenvalue weighted by Crippen LogP contribution is -2.61. The highest BCUT2D eigenvalue weighted by molar-refractivity contribution is 6.00. The topological polar surface area (TPSA) is 71.1 Å². The van der Waals surface area contributed by atoms with Crippen LogP contribution in [-0.4, -0.2) is 59.0 Å². The van der Waals surface area contributed by atoms with E-state index in [1.165, 1.54) is 36.0 Å². The smallest absolute Gasteiger partial charge is 0.243 e. The van der Waals surface area contributed by atoms with Gasteiger partial charge in [-0.05, 0) is 54.5 Å². The number of nitrogens with zero attached hydrogens (tertiary/aromatic N) is 2. The summed E-state index contributed by atoms with van der Waals surface area (Å²) in [5.41, 5.74) is 3.69. The number of nitrogens with one attached hydrogen (secondary N) is 1. The van der Waals surface area contributed by atoms with Gasteiger partial charge in [0.15, 0.2) is 0 Å². The number of benzene rings is 2. The van der Waals surface area contributed by atoms with Crippen LogP contribution >= 0.6 is 0 Å². The van der Waals surface area contributed by atoms with Gasteiger partial charge in [-0.3, -0.25) is 24.7 Å². The molecule has 1 saturated carbocycles. The number of carbonyl (C=O) groups excluding carboxylic acids is 2. The third-order valence-electron chi connectivity index (χ3n) is 8.20. The summed E-state index contributed by atoms with van der Waals surface area (Å²) in [6, 6.07) is 17.0. The van der Waals surface area contributed by atoms with Crippen molar-refractivity contribution in [2.45, 2.75) is 82.5 Å². The molecule has 1 N–H and O–H groups in total. The Morgan fingerprint density at radius 3 is 2.53 bits per heavy atom. The molecular weight excluding hydrogens is 454 g/mol. The number of piperidine rings is 1. The summed E-state index contributed by atoms with van der Waals surface area (Å²) in [6.45, 7) is 4.09. The predicted molar refractivity (Wildman–Crippen MR) is 135 cm³/mol. The van der Waals surface area contributed by atoms with Crippen molar-refractivity contribution in [3.63, 3.8) is 0 Å². The molecule has 3 unspecified atom stereocenters. The number of likely N-dealkylation sites (tertiary alicyclic amines) is 1. The molecule has 4 aliphatic rings. The van der Waals surface area contributed by atoms with E-state index in [0.717, 1.165) is 38.3 Å². The largest absolute Gasteiger partial charge is 0.489 e. The maximum Gasteiger partial charge on any atom is 0.243 e. The second-order valence-corrected chi connectivity index (χ2v) is 10.7. The van der Waals surface area contributed by atoms with Crippen molar-refractivity contribution in [3.8, 4) is 5.75 Å². The van der Waals surface area contributed by atoms with Crippen LogP contribution in [0.1, 0.15) is 55.2 Å². The van der Waals surface area contributed by atoms with Gasteiger partial charge in [-0.2, -0.15) is 0 Å². The zero-order chi connectivity index (χ0) is 24.5. The molecule has 7 heteroatoms. The molecule has 0 bridgehead atoms. The third kappa shape index (κ3) is 5.05. The second kappa shape index (κ2) is 10.3. The Morgan fingerprint density at radius 1 is 0.889 bits per heavy atom. The van der Waals surface area contributed by atoms with E-state index in [4.69, 9.17) is 9.47 Å². The Balaban J connectivity index is 1.04. The Bertz CT molecular complexity index is 1100. The fourth-order valence-electron chi connectivity index (χ4n) is 6.16.